The molecule has 1 aromatic carbocycles. The highest BCUT2D eigenvalue weighted by atomic mass is 19.4. The smallest absolute Gasteiger partial charge is 0.166 e. The molecule has 0 radical (unpaired) electrons. The van der Waals surface area contributed by atoms with Crippen LogP contribution in [-0.2, 0) is 6.18 Å². The molecule has 0 N–H and O–H groups in total. The maximum atomic E-state index is 12.6. The van der Waals surface area contributed by atoms with Crippen molar-refractivity contribution in [3.8, 4) is 0 Å². The van der Waals surface area contributed by atoms with Crippen LogP contribution in [0.4, 0.5) is 13.2 Å². The third kappa shape index (κ3) is 2.46. The summed E-state index contributed by atoms with van der Waals surface area (Å²) in [6.07, 6.45) is -2.63. The van der Waals surface area contributed by atoms with Gasteiger partial charge in [-0.2, -0.15) is 13.2 Å². The number of hydrogen-bond donors (Lipinski definition) is 0. The van der Waals surface area contributed by atoms with Gasteiger partial charge in [-0.05, 0) is 48.6 Å². The first-order valence-electron chi connectivity index (χ1n) is 5.08. The van der Waals surface area contributed by atoms with E-state index < -0.39 is 11.7 Å². The SMILES string of the molecule is C=CC(C)c1cc(C(F)(F)F)cc(C)c1C. The van der Waals surface area contributed by atoms with E-state index in [9.17, 15) is 13.2 Å². The van der Waals surface area contributed by atoms with Gasteiger partial charge in [-0.3, -0.25) is 0 Å². The zero-order valence-electron chi connectivity index (χ0n) is 9.65. The molecule has 0 aliphatic rings. The highest BCUT2D eigenvalue weighted by Crippen LogP contribution is 2.34. The van der Waals surface area contributed by atoms with E-state index in [-0.39, 0.29) is 5.92 Å². The van der Waals surface area contributed by atoms with Gasteiger partial charge in [0.15, 0.2) is 0 Å². The van der Waals surface area contributed by atoms with Gasteiger partial charge in [0, 0.05) is 0 Å². The lowest BCUT2D eigenvalue weighted by Gasteiger charge is -2.16. The van der Waals surface area contributed by atoms with Crippen LogP contribution in [0.2, 0.25) is 0 Å². The molecular formula is C13H15F3. The van der Waals surface area contributed by atoms with E-state index in [1.54, 1.807) is 13.0 Å². The Hall–Kier alpha value is -1.25. The van der Waals surface area contributed by atoms with Crippen molar-refractivity contribution in [1.82, 2.24) is 0 Å². The first-order valence-corrected chi connectivity index (χ1v) is 5.08. The predicted molar refractivity (Wildman–Crippen MR) is 59.5 cm³/mol. The molecule has 0 aliphatic heterocycles. The van der Waals surface area contributed by atoms with E-state index in [0.717, 1.165) is 5.56 Å². The molecular weight excluding hydrogens is 213 g/mol. The molecule has 1 unspecified atom stereocenters. The molecule has 88 valence electrons. The molecule has 1 aromatic rings. The molecule has 1 atom stereocenters. The van der Waals surface area contributed by atoms with Gasteiger partial charge in [-0.25, -0.2) is 0 Å². The number of benzene rings is 1. The lowest BCUT2D eigenvalue weighted by atomic mass is 9.91. The third-order valence-corrected chi connectivity index (χ3v) is 2.88. The average Bonchev–Trinajstić information content (AvgIpc) is 2.19. The van der Waals surface area contributed by atoms with E-state index in [0.29, 0.717) is 11.1 Å². The van der Waals surface area contributed by atoms with Gasteiger partial charge >= 0.3 is 6.18 Å². The van der Waals surface area contributed by atoms with Gasteiger partial charge in [0.1, 0.15) is 0 Å². The van der Waals surface area contributed by atoms with Gasteiger partial charge in [0.2, 0.25) is 0 Å². The van der Waals surface area contributed by atoms with Crippen LogP contribution >= 0.6 is 0 Å². The largest absolute Gasteiger partial charge is 0.416 e. The molecule has 3 heteroatoms. The molecule has 0 bridgehead atoms. The Labute approximate surface area is 93.8 Å². The standard InChI is InChI=1S/C13H15F3/c1-5-8(2)12-7-11(13(14,15)16)6-9(3)10(12)4/h5-8H,1H2,2-4H3. The fourth-order valence-corrected chi connectivity index (χ4v) is 1.65. The van der Waals surface area contributed by atoms with E-state index >= 15 is 0 Å². The van der Waals surface area contributed by atoms with Crippen molar-refractivity contribution in [2.24, 2.45) is 0 Å². The topological polar surface area (TPSA) is 0 Å². The molecule has 0 saturated heterocycles. The molecule has 0 nitrogen and oxygen atoms in total. The second-order valence-corrected chi connectivity index (χ2v) is 4.03. The average molecular weight is 228 g/mol. The molecule has 0 fully saturated rings. The van der Waals surface area contributed by atoms with Gasteiger partial charge in [0.25, 0.3) is 0 Å². The summed E-state index contributed by atoms with van der Waals surface area (Å²) >= 11 is 0. The molecule has 0 saturated carbocycles. The Balaban J connectivity index is 3.39. The normalized spacial score (nSPS) is 13.6. The zero-order valence-corrected chi connectivity index (χ0v) is 9.65. The highest BCUT2D eigenvalue weighted by molar-refractivity contribution is 5.41. The van der Waals surface area contributed by atoms with Crippen molar-refractivity contribution in [2.45, 2.75) is 32.9 Å². The van der Waals surface area contributed by atoms with Crippen LogP contribution in [0.1, 0.15) is 35.1 Å². The summed E-state index contributed by atoms with van der Waals surface area (Å²) in [6.45, 7) is 9.00. The number of hydrogen-bond acceptors (Lipinski definition) is 0. The minimum absolute atomic E-state index is 0.0685. The summed E-state index contributed by atoms with van der Waals surface area (Å²) in [6, 6.07) is 2.41. The number of rotatable bonds is 2. The fourth-order valence-electron chi connectivity index (χ4n) is 1.65. The summed E-state index contributed by atoms with van der Waals surface area (Å²) in [5.41, 5.74) is 1.68. The monoisotopic (exact) mass is 228 g/mol. The molecule has 0 aliphatic carbocycles. The minimum atomic E-state index is -4.28. The van der Waals surface area contributed by atoms with Gasteiger partial charge < -0.3 is 0 Å². The number of alkyl halides is 3. The third-order valence-electron chi connectivity index (χ3n) is 2.88. The second kappa shape index (κ2) is 4.32. The van der Waals surface area contributed by atoms with Crippen molar-refractivity contribution in [3.05, 3.63) is 47.0 Å². The summed E-state index contributed by atoms with van der Waals surface area (Å²) in [4.78, 5) is 0. The Morgan fingerprint density at radius 3 is 2.25 bits per heavy atom. The van der Waals surface area contributed by atoms with E-state index in [1.807, 2.05) is 13.8 Å². The maximum Gasteiger partial charge on any atom is 0.416 e. The molecule has 0 aromatic heterocycles. The Kier molecular flexibility index (Phi) is 3.46. The van der Waals surface area contributed by atoms with Crippen LogP contribution in [0.5, 0.6) is 0 Å². The molecule has 1 rings (SSSR count). The van der Waals surface area contributed by atoms with E-state index in [4.69, 9.17) is 0 Å². The minimum Gasteiger partial charge on any atom is -0.166 e. The van der Waals surface area contributed by atoms with Crippen molar-refractivity contribution < 1.29 is 13.2 Å². The number of halogens is 3. The van der Waals surface area contributed by atoms with Crippen LogP contribution in [0.3, 0.4) is 0 Å². The highest BCUT2D eigenvalue weighted by Gasteiger charge is 2.31. The molecule has 0 heterocycles. The summed E-state index contributed by atoms with van der Waals surface area (Å²) in [5, 5.41) is 0. The van der Waals surface area contributed by atoms with Crippen LogP contribution in [0.15, 0.2) is 24.8 Å². The van der Waals surface area contributed by atoms with Crippen molar-refractivity contribution in [1.29, 1.82) is 0 Å². The Morgan fingerprint density at radius 1 is 1.25 bits per heavy atom. The predicted octanol–water partition coefficient (Wildman–Crippen LogP) is 4.61. The van der Waals surface area contributed by atoms with Crippen LogP contribution < -0.4 is 0 Å². The Morgan fingerprint density at radius 2 is 1.81 bits per heavy atom. The van der Waals surface area contributed by atoms with Crippen LogP contribution in [0.25, 0.3) is 0 Å². The summed E-state index contributed by atoms with van der Waals surface area (Å²) < 4.78 is 37.9. The van der Waals surface area contributed by atoms with Crippen LogP contribution in [0, 0.1) is 13.8 Å². The van der Waals surface area contributed by atoms with Crippen molar-refractivity contribution in [3.63, 3.8) is 0 Å². The maximum absolute atomic E-state index is 12.6. The second-order valence-electron chi connectivity index (χ2n) is 4.03. The molecule has 0 spiro atoms. The van der Waals surface area contributed by atoms with E-state index in [2.05, 4.69) is 6.58 Å². The molecule has 16 heavy (non-hydrogen) atoms. The summed E-state index contributed by atoms with van der Waals surface area (Å²) in [5.74, 6) is -0.0685. The lowest BCUT2D eigenvalue weighted by Crippen LogP contribution is -2.08. The first kappa shape index (κ1) is 12.8. The quantitative estimate of drug-likeness (QED) is 0.648. The fraction of sp³-hybridized carbons (Fsp3) is 0.385. The Bertz CT molecular complexity index is 402. The van der Waals surface area contributed by atoms with Crippen molar-refractivity contribution in [2.75, 3.05) is 0 Å². The lowest BCUT2D eigenvalue weighted by molar-refractivity contribution is -0.137. The van der Waals surface area contributed by atoms with Gasteiger partial charge in [-0.15, -0.1) is 6.58 Å². The molecule has 0 amide bonds. The zero-order chi connectivity index (χ0) is 12.5. The van der Waals surface area contributed by atoms with E-state index in [1.165, 1.54) is 12.1 Å². The van der Waals surface area contributed by atoms with Crippen LogP contribution in [-0.4, -0.2) is 0 Å². The first-order chi connectivity index (χ1) is 7.27. The van der Waals surface area contributed by atoms with Gasteiger partial charge in [-0.1, -0.05) is 13.0 Å². The van der Waals surface area contributed by atoms with Crippen molar-refractivity contribution >= 4 is 0 Å². The summed E-state index contributed by atoms with van der Waals surface area (Å²) in [7, 11) is 0. The number of aryl methyl sites for hydroxylation is 1. The number of allylic oxidation sites excluding steroid dienone is 1. The van der Waals surface area contributed by atoms with Gasteiger partial charge in [0.05, 0.1) is 5.56 Å².